The lowest BCUT2D eigenvalue weighted by molar-refractivity contribution is -0.355. The Bertz CT molecular complexity index is 484. The van der Waals surface area contributed by atoms with Gasteiger partial charge in [-0.1, -0.05) is 44.9 Å². The summed E-state index contributed by atoms with van der Waals surface area (Å²) >= 11 is 0. The number of alkyl halides is 7. The van der Waals surface area contributed by atoms with Crippen LogP contribution in [0.15, 0.2) is 18.7 Å². The van der Waals surface area contributed by atoms with Gasteiger partial charge in [0, 0.05) is 25.4 Å². The fourth-order valence-electron chi connectivity index (χ4n) is 2.66. The van der Waals surface area contributed by atoms with Crippen LogP contribution in [-0.4, -0.2) is 27.6 Å². The highest BCUT2D eigenvalue weighted by molar-refractivity contribution is 4.90. The predicted molar refractivity (Wildman–Crippen MR) is 84.3 cm³/mol. The van der Waals surface area contributed by atoms with Gasteiger partial charge in [-0.15, -0.1) is 0 Å². The van der Waals surface area contributed by atoms with Crippen LogP contribution in [0.25, 0.3) is 0 Å². The molecule has 0 aliphatic carbocycles. The average molecular weight is 390 g/mol. The zero-order valence-electron chi connectivity index (χ0n) is 14.6. The van der Waals surface area contributed by atoms with Crippen LogP contribution in [0.2, 0.25) is 0 Å². The van der Waals surface area contributed by atoms with Gasteiger partial charge in [0.25, 0.3) is 0 Å². The summed E-state index contributed by atoms with van der Waals surface area (Å²) in [5.74, 6) is -11.0. The summed E-state index contributed by atoms with van der Waals surface area (Å²) in [7, 11) is 0. The van der Waals surface area contributed by atoms with Crippen molar-refractivity contribution in [1.29, 1.82) is 0 Å². The molecule has 0 bridgehead atoms. The molecule has 0 aliphatic heterocycles. The van der Waals surface area contributed by atoms with Gasteiger partial charge in [-0.3, -0.25) is 0 Å². The number of aryl methyl sites for hydroxylation is 1. The molecule has 1 aromatic heterocycles. The number of unbranched alkanes of at least 4 members (excludes halogenated alkanes) is 8. The molecular weight excluding hydrogens is 365 g/mol. The number of hydrogen-bond donors (Lipinski definition) is 0. The molecule has 0 aliphatic rings. The zero-order valence-corrected chi connectivity index (χ0v) is 14.6. The Balaban J connectivity index is 2.00. The molecular formula is C17H25F7N2. The molecule has 0 N–H and O–H groups in total. The minimum Gasteiger partial charge on any atom is -0.337 e. The van der Waals surface area contributed by atoms with Crippen LogP contribution in [0.5, 0.6) is 0 Å². The van der Waals surface area contributed by atoms with Gasteiger partial charge in [-0.2, -0.15) is 30.7 Å². The second-order valence-corrected chi connectivity index (χ2v) is 6.51. The topological polar surface area (TPSA) is 17.8 Å². The van der Waals surface area contributed by atoms with E-state index >= 15 is 0 Å². The second kappa shape index (κ2) is 10.2. The quantitative estimate of drug-likeness (QED) is 0.273. The molecule has 0 unspecified atom stereocenters. The van der Waals surface area contributed by atoms with E-state index in [4.69, 9.17) is 0 Å². The Morgan fingerprint density at radius 3 is 1.65 bits per heavy atom. The molecule has 0 fully saturated rings. The standard InChI is InChI=1S/C17H25F7N2/c18-15(19,16(20,21)17(22,23)24)10-8-6-4-2-1-3-5-7-9-12-26-13-11-25-14-26/h11,13-14H,1-10,12H2. The molecule has 0 saturated heterocycles. The third-order valence-electron chi connectivity index (χ3n) is 4.28. The van der Waals surface area contributed by atoms with Crippen LogP contribution in [0, 0.1) is 0 Å². The van der Waals surface area contributed by atoms with Gasteiger partial charge in [0.15, 0.2) is 0 Å². The average Bonchev–Trinajstić information content (AvgIpc) is 3.04. The van der Waals surface area contributed by atoms with Crippen LogP contribution in [0.3, 0.4) is 0 Å². The Hall–Kier alpha value is -1.28. The Labute approximate surface area is 148 Å². The van der Waals surface area contributed by atoms with E-state index in [1.807, 2.05) is 10.8 Å². The summed E-state index contributed by atoms with van der Waals surface area (Å²) in [6, 6.07) is 0. The largest absolute Gasteiger partial charge is 0.459 e. The summed E-state index contributed by atoms with van der Waals surface area (Å²) in [4.78, 5) is 3.95. The molecule has 0 aromatic carbocycles. The van der Waals surface area contributed by atoms with Crippen molar-refractivity contribution in [3.63, 3.8) is 0 Å². The van der Waals surface area contributed by atoms with Crippen LogP contribution in [0.1, 0.15) is 64.2 Å². The fraction of sp³-hybridized carbons (Fsp3) is 0.824. The Morgan fingerprint density at radius 1 is 0.692 bits per heavy atom. The van der Waals surface area contributed by atoms with Crippen molar-refractivity contribution in [3.8, 4) is 0 Å². The van der Waals surface area contributed by atoms with Crippen molar-refractivity contribution < 1.29 is 30.7 Å². The van der Waals surface area contributed by atoms with E-state index in [2.05, 4.69) is 4.98 Å². The van der Waals surface area contributed by atoms with E-state index in [1.54, 1.807) is 12.5 Å². The first-order valence-electron chi connectivity index (χ1n) is 8.86. The van der Waals surface area contributed by atoms with Crippen LogP contribution in [-0.2, 0) is 6.54 Å². The maximum absolute atomic E-state index is 13.1. The highest BCUT2D eigenvalue weighted by Gasteiger charge is 2.72. The summed E-state index contributed by atoms with van der Waals surface area (Å²) < 4.78 is 89.5. The van der Waals surface area contributed by atoms with Crippen LogP contribution < -0.4 is 0 Å². The fourth-order valence-corrected chi connectivity index (χ4v) is 2.66. The highest BCUT2D eigenvalue weighted by Crippen LogP contribution is 2.48. The molecule has 1 aromatic rings. The smallest absolute Gasteiger partial charge is 0.337 e. The third-order valence-corrected chi connectivity index (χ3v) is 4.28. The molecule has 1 heterocycles. The normalized spacial score (nSPS) is 13.3. The maximum atomic E-state index is 13.1. The third kappa shape index (κ3) is 7.15. The van der Waals surface area contributed by atoms with Gasteiger partial charge in [0.05, 0.1) is 6.33 Å². The van der Waals surface area contributed by atoms with Crippen molar-refractivity contribution in [2.75, 3.05) is 0 Å². The van der Waals surface area contributed by atoms with Crippen molar-refractivity contribution in [2.45, 2.75) is 88.8 Å². The number of rotatable bonds is 13. The Kier molecular flexibility index (Phi) is 8.89. The number of imidazole rings is 1. The minimum atomic E-state index is -6.23. The van der Waals surface area contributed by atoms with Crippen molar-refractivity contribution in [3.05, 3.63) is 18.7 Å². The first-order chi connectivity index (χ1) is 12.1. The number of nitrogens with zero attached hydrogens (tertiary/aromatic N) is 2. The van der Waals surface area contributed by atoms with Crippen molar-refractivity contribution in [2.24, 2.45) is 0 Å². The molecule has 9 heteroatoms. The predicted octanol–water partition coefficient (Wildman–Crippen LogP) is 6.62. The van der Waals surface area contributed by atoms with E-state index in [9.17, 15) is 30.7 Å². The van der Waals surface area contributed by atoms with Crippen LogP contribution in [0.4, 0.5) is 30.7 Å². The second-order valence-electron chi connectivity index (χ2n) is 6.51. The molecule has 1 rings (SSSR count). The van der Waals surface area contributed by atoms with Gasteiger partial charge in [-0.05, 0) is 12.8 Å². The van der Waals surface area contributed by atoms with Crippen molar-refractivity contribution in [1.82, 2.24) is 9.55 Å². The molecule has 0 radical (unpaired) electrons. The zero-order chi connectivity index (χ0) is 19.7. The maximum Gasteiger partial charge on any atom is 0.459 e. The first kappa shape index (κ1) is 22.8. The van der Waals surface area contributed by atoms with E-state index in [-0.39, 0.29) is 12.8 Å². The summed E-state index contributed by atoms with van der Waals surface area (Å²) in [5, 5.41) is 0. The van der Waals surface area contributed by atoms with Gasteiger partial charge in [0.1, 0.15) is 0 Å². The van der Waals surface area contributed by atoms with E-state index < -0.39 is 24.4 Å². The molecule has 26 heavy (non-hydrogen) atoms. The van der Waals surface area contributed by atoms with Gasteiger partial charge in [-0.25, -0.2) is 4.98 Å². The molecule has 0 saturated carbocycles. The van der Waals surface area contributed by atoms with Gasteiger partial charge < -0.3 is 4.57 Å². The van der Waals surface area contributed by atoms with Gasteiger partial charge in [0.2, 0.25) is 0 Å². The number of hydrogen-bond acceptors (Lipinski definition) is 1. The number of halogens is 7. The minimum absolute atomic E-state index is 0.226. The lowest BCUT2D eigenvalue weighted by Crippen LogP contribution is -2.51. The summed E-state index contributed by atoms with van der Waals surface area (Å²) in [6.07, 6.45) is 3.95. The number of aromatic nitrogens is 2. The lowest BCUT2D eigenvalue weighted by Gasteiger charge is -2.28. The molecule has 0 atom stereocenters. The highest BCUT2D eigenvalue weighted by atomic mass is 19.4. The van der Waals surface area contributed by atoms with E-state index in [1.165, 1.54) is 0 Å². The Morgan fingerprint density at radius 2 is 1.19 bits per heavy atom. The molecule has 2 nitrogen and oxygen atoms in total. The molecule has 0 spiro atoms. The lowest BCUT2D eigenvalue weighted by atomic mass is 10.0. The first-order valence-corrected chi connectivity index (χ1v) is 8.86. The summed E-state index contributed by atoms with van der Waals surface area (Å²) in [6.45, 7) is 0.913. The SMILES string of the molecule is FC(F)(F)C(F)(F)C(F)(F)CCCCCCCCCCCn1ccnc1. The molecule has 0 amide bonds. The monoisotopic (exact) mass is 390 g/mol. The molecule has 152 valence electrons. The van der Waals surface area contributed by atoms with Crippen LogP contribution >= 0.6 is 0 Å². The van der Waals surface area contributed by atoms with E-state index in [0.29, 0.717) is 6.42 Å². The van der Waals surface area contributed by atoms with Gasteiger partial charge >= 0.3 is 18.0 Å². The van der Waals surface area contributed by atoms with Crippen molar-refractivity contribution >= 4 is 0 Å². The van der Waals surface area contributed by atoms with E-state index in [0.717, 1.165) is 45.1 Å². The summed E-state index contributed by atoms with van der Waals surface area (Å²) in [5.41, 5.74) is 0.